The first-order chi connectivity index (χ1) is 8.26. The van der Waals surface area contributed by atoms with Crippen LogP contribution in [0, 0.1) is 0 Å². The Hall–Kier alpha value is -1.83. The number of rotatable bonds is 3. The van der Waals surface area contributed by atoms with E-state index in [-0.39, 0.29) is 5.97 Å². The lowest BCUT2D eigenvalue weighted by molar-refractivity contribution is 0.0603. The maximum absolute atomic E-state index is 11.6. The summed E-state index contributed by atoms with van der Waals surface area (Å²) in [4.78, 5) is 11.6. The first-order valence-corrected chi connectivity index (χ1v) is 5.86. The van der Waals surface area contributed by atoms with Gasteiger partial charge in [0.2, 0.25) is 0 Å². The topological polar surface area (TPSA) is 26.3 Å². The highest BCUT2D eigenvalue weighted by molar-refractivity contribution is 6.04. The quantitative estimate of drug-likeness (QED) is 0.750. The third kappa shape index (κ3) is 2.31. The number of hydrogen-bond donors (Lipinski definition) is 0. The number of esters is 1. The van der Waals surface area contributed by atoms with Gasteiger partial charge in [0, 0.05) is 0 Å². The number of ether oxygens (including phenoxy) is 1. The molecule has 2 nitrogen and oxygen atoms in total. The standard InChI is InChI=1S/C15H16O2/c1-3-5-11-8-9-13-12(10-11)6-4-7-14(13)15(16)17-2/h4,6-10H,3,5H2,1-2H3. The average molecular weight is 228 g/mol. The molecular formula is C15H16O2. The Kier molecular flexibility index (Phi) is 3.43. The predicted molar refractivity (Wildman–Crippen MR) is 69.3 cm³/mol. The van der Waals surface area contributed by atoms with Crippen molar-refractivity contribution < 1.29 is 9.53 Å². The van der Waals surface area contributed by atoms with Crippen LogP contribution in [-0.2, 0) is 11.2 Å². The van der Waals surface area contributed by atoms with Crippen LogP contribution in [-0.4, -0.2) is 13.1 Å². The fraction of sp³-hybridized carbons (Fsp3) is 0.267. The monoisotopic (exact) mass is 228 g/mol. The minimum atomic E-state index is -0.279. The fourth-order valence-corrected chi connectivity index (χ4v) is 2.07. The van der Waals surface area contributed by atoms with Crippen LogP contribution in [0.1, 0.15) is 29.3 Å². The van der Waals surface area contributed by atoms with Crippen molar-refractivity contribution in [1.29, 1.82) is 0 Å². The summed E-state index contributed by atoms with van der Waals surface area (Å²) < 4.78 is 4.78. The predicted octanol–water partition coefficient (Wildman–Crippen LogP) is 3.58. The first-order valence-electron chi connectivity index (χ1n) is 5.86. The van der Waals surface area contributed by atoms with Gasteiger partial charge in [-0.2, -0.15) is 0 Å². The zero-order valence-electron chi connectivity index (χ0n) is 10.2. The van der Waals surface area contributed by atoms with E-state index in [4.69, 9.17) is 4.74 Å². The molecular weight excluding hydrogens is 212 g/mol. The Balaban J connectivity index is 2.55. The molecule has 0 aromatic heterocycles. The number of methoxy groups -OCH3 is 1. The van der Waals surface area contributed by atoms with E-state index in [1.165, 1.54) is 12.7 Å². The summed E-state index contributed by atoms with van der Waals surface area (Å²) in [6.07, 6.45) is 2.20. The minimum Gasteiger partial charge on any atom is -0.465 e. The molecule has 2 heteroatoms. The first kappa shape index (κ1) is 11.6. The Bertz CT molecular complexity index is 544. The van der Waals surface area contributed by atoms with Gasteiger partial charge in [0.05, 0.1) is 12.7 Å². The molecule has 0 aliphatic carbocycles. The van der Waals surface area contributed by atoms with E-state index >= 15 is 0 Å². The van der Waals surface area contributed by atoms with E-state index in [0.29, 0.717) is 5.56 Å². The Morgan fingerprint density at radius 3 is 2.76 bits per heavy atom. The molecule has 0 radical (unpaired) electrons. The third-order valence-corrected chi connectivity index (χ3v) is 2.89. The summed E-state index contributed by atoms with van der Waals surface area (Å²) in [7, 11) is 1.41. The number of fused-ring (bicyclic) bond motifs is 1. The summed E-state index contributed by atoms with van der Waals surface area (Å²) in [5.41, 5.74) is 1.94. The van der Waals surface area contributed by atoms with Crippen LogP contribution >= 0.6 is 0 Å². The third-order valence-electron chi connectivity index (χ3n) is 2.89. The smallest absolute Gasteiger partial charge is 0.338 e. The second-order valence-corrected chi connectivity index (χ2v) is 4.10. The van der Waals surface area contributed by atoms with Crippen LogP contribution in [0.2, 0.25) is 0 Å². The van der Waals surface area contributed by atoms with Gasteiger partial charge in [-0.25, -0.2) is 4.79 Å². The van der Waals surface area contributed by atoms with Crippen molar-refractivity contribution in [2.45, 2.75) is 19.8 Å². The van der Waals surface area contributed by atoms with Crippen LogP contribution in [0.5, 0.6) is 0 Å². The molecule has 0 heterocycles. The van der Waals surface area contributed by atoms with Crippen LogP contribution < -0.4 is 0 Å². The van der Waals surface area contributed by atoms with Crippen molar-refractivity contribution >= 4 is 16.7 Å². The number of aryl methyl sites for hydroxylation is 1. The van der Waals surface area contributed by atoms with Gasteiger partial charge in [-0.05, 0) is 28.8 Å². The molecule has 88 valence electrons. The van der Waals surface area contributed by atoms with Gasteiger partial charge < -0.3 is 4.74 Å². The summed E-state index contributed by atoms with van der Waals surface area (Å²) in [6.45, 7) is 2.16. The second kappa shape index (κ2) is 5.00. The van der Waals surface area contributed by atoms with Crippen molar-refractivity contribution in [1.82, 2.24) is 0 Å². The van der Waals surface area contributed by atoms with E-state index in [0.717, 1.165) is 23.6 Å². The second-order valence-electron chi connectivity index (χ2n) is 4.10. The van der Waals surface area contributed by atoms with E-state index in [9.17, 15) is 4.79 Å². The highest BCUT2D eigenvalue weighted by Crippen LogP contribution is 2.21. The molecule has 0 aliphatic heterocycles. The van der Waals surface area contributed by atoms with Crippen molar-refractivity contribution in [3.63, 3.8) is 0 Å². The zero-order valence-corrected chi connectivity index (χ0v) is 10.2. The molecule has 0 saturated heterocycles. The van der Waals surface area contributed by atoms with Crippen molar-refractivity contribution in [3.8, 4) is 0 Å². The van der Waals surface area contributed by atoms with E-state index in [1.54, 1.807) is 6.07 Å². The molecule has 2 rings (SSSR count). The minimum absolute atomic E-state index is 0.279. The highest BCUT2D eigenvalue weighted by atomic mass is 16.5. The molecule has 2 aromatic carbocycles. The Morgan fingerprint density at radius 1 is 1.24 bits per heavy atom. The van der Waals surface area contributed by atoms with Crippen LogP contribution in [0.3, 0.4) is 0 Å². The molecule has 2 aromatic rings. The summed E-state index contributed by atoms with van der Waals surface area (Å²) >= 11 is 0. The lowest BCUT2D eigenvalue weighted by Crippen LogP contribution is -2.01. The van der Waals surface area contributed by atoms with Crippen LogP contribution in [0.4, 0.5) is 0 Å². The van der Waals surface area contributed by atoms with Crippen molar-refractivity contribution in [3.05, 3.63) is 47.5 Å². The molecule has 0 spiro atoms. The fourth-order valence-electron chi connectivity index (χ4n) is 2.07. The normalized spacial score (nSPS) is 10.5. The lowest BCUT2D eigenvalue weighted by Gasteiger charge is -2.06. The van der Waals surface area contributed by atoms with Crippen LogP contribution in [0.15, 0.2) is 36.4 Å². The molecule has 0 unspecified atom stereocenters. The maximum Gasteiger partial charge on any atom is 0.338 e. The molecule has 0 atom stereocenters. The van der Waals surface area contributed by atoms with E-state index in [1.807, 2.05) is 18.2 Å². The molecule has 0 N–H and O–H groups in total. The Labute approximate surface area is 101 Å². The highest BCUT2D eigenvalue weighted by Gasteiger charge is 2.09. The summed E-state index contributed by atoms with van der Waals surface area (Å²) in [6, 6.07) is 12.0. The summed E-state index contributed by atoms with van der Waals surface area (Å²) in [5, 5.41) is 2.05. The number of benzene rings is 2. The van der Waals surface area contributed by atoms with Gasteiger partial charge >= 0.3 is 5.97 Å². The van der Waals surface area contributed by atoms with Gasteiger partial charge in [-0.15, -0.1) is 0 Å². The maximum atomic E-state index is 11.6. The van der Waals surface area contributed by atoms with Gasteiger partial charge in [-0.3, -0.25) is 0 Å². The number of hydrogen-bond acceptors (Lipinski definition) is 2. The van der Waals surface area contributed by atoms with Crippen LogP contribution in [0.25, 0.3) is 10.8 Å². The number of carbonyl (C=O) groups excluding carboxylic acids is 1. The molecule has 17 heavy (non-hydrogen) atoms. The molecule has 0 saturated carbocycles. The van der Waals surface area contributed by atoms with E-state index in [2.05, 4.69) is 19.1 Å². The Morgan fingerprint density at radius 2 is 2.06 bits per heavy atom. The number of carbonyl (C=O) groups is 1. The van der Waals surface area contributed by atoms with Gasteiger partial charge in [-0.1, -0.05) is 43.7 Å². The average Bonchev–Trinajstić information content (AvgIpc) is 2.37. The molecule has 0 bridgehead atoms. The van der Waals surface area contributed by atoms with Crippen molar-refractivity contribution in [2.75, 3.05) is 7.11 Å². The zero-order chi connectivity index (χ0) is 12.3. The lowest BCUT2D eigenvalue weighted by atomic mass is 10.0. The molecule has 0 amide bonds. The van der Waals surface area contributed by atoms with Crippen molar-refractivity contribution in [2.24, 2.45) is 0 Å². The summed E-state index contributed by atoms with van der Waals surface area (Å²) in [5.74, 6) is -0.279. The SMILES string of the molecule is CCCc1ccc2c(C(=O)OC)cccc2c1. The van der Waals surface area contributed by atoms with Gasteiger partial charge in [0.15, 0.2) is 0 Å². The molecule has 0 fully saturated rings. The van der Waals surface area contributed by atoms with Gasteiger partial charge in [0.25, 0.3) is 0 Å². The van der Waals surface area contributed by atoms with E-state index < -0.39 is 0 Å². The van der Waals surface area contributed by atoms with Gasteiger partial charge in [0.1, 0.15) is 0 Å². The largest absolute Gasteiger partial charge is 0.465 e. The molecule has 0 aliphatic rings.